The first-order chi connectivity index (χ1) is 20.1. The maximum atomic E-state index is 14.0. The fourth-order valence-electron chi connectivity index (χ4n) is 4.72. The van der Waals surface area contributed by atoms with Gasteiger partial charge in [-0.05, 0) is 73.2 Å². The highest BCUT2D eigenvalue weighted by Gasteiger charge is 2.26. The van der Waals surface area contributed by atoms with Crippen molar-refractivity contribution in [1.29, 1.82) is 0 Å². The third-order valence-corrected chi connectivity index (χ3v) is 7.93. The molecule has 5 rings (SSSR count). The lowest BCUT2D eigenvalue weighted by atomic mass is 9.99. The van der Waals surface area contributed by atoms with Crippen molar-refractivity contribution < 1.29 is 24.2 Å². The molecule has 2 unspecified atom stereocenters. The monoisotopic (exact) mass is 585 g/mol. The molecule has 10 heteroatoms. The standard InChI is InChI=1S/C32H31N3O6S/c1-3-20-14-23-27(15-26(20)41-32(39)25(34)13-19-6-10-22(37)11-7-19)40-30(24(33)12-18-4-8-21(36)9-5-18)28(29(23)38)31-35-17(2)16-42-31/h4-11,14-16,24-25,36-37H,3,12-13,33-34H2,1-2H3. The lowest BCUT2D eigenvalue weighted by Gasteiger charge is -2.17. The number of thiazole rings is 1. The molecule has 216 valence electrons. The largest absolute Gasteiger partial charge is 0.508 e. The summed E-state index contributed by atoms with van der Waals surface area (Å²) in [5, 5.41) is 21.8. The summed E-state index contributed by atoms with van der Waals surface area (Å²) in [6.07, 6.45) is 1.04. The first kappa shape index (κ1) is 29.0. The fourth-order valence-corrected chi connectivity index (χ4v) is 5.56. The van der Waals surface area contributed by atoms with Gasteiger partial charge in [0.1, 0.15) is 39.6 Å². The van der Waals surface area contributed by atoms with Crippen LogP contribution in [0.15, 0.2) is 75.3 Å². The van der Waals surface area contributed by atoms with Gasteiger partial charge in [0.15, 0.2) is 0 Å². The summed E-state index contributed by atoms with van der Waals surface area (Å²) in [4.78, 5) is 31.5. The molecule has 2 aromatic heterocycles. The van der Waals surface area contributed by atoms with Crippen molar-refractivity contribution in [3.8, 4) is 27.8 Å². The number of aromatic nitrogens is 1. The minimum absolute atomic E-state index is 0.121. The smallest absolute Gasteiger partial charge is 0.328 e. The first-order valence-corrected chi connectivity index (χ1v) is 14.4. The summed E-state index contributed by atoms with van der Waals surface area (Å²) in [5.74, 6) is 0.129. The van der Waals surface area contributed by atoms with Crippen LogP contribution in [0.1, 0.15) is 41.1 Å². The van der Waals surface area contributed by atoms with E-state index >= 15 is 0 Å². The van der Waals surface area contributed by atoms with Crippen LogP contribution >= 0.6 is 11.3 Å². The van der Waals surface area contributed by atoms with Crippen LogP contribution in [0.3, 0.4) is 0 Å². The molecule has 0 saturated heterocycles. The van der Waals surface area contributed by atoms with Crippen molar-refractivity contribution in [3.05, 3.63) is 104 Å². The van der Waals surface area contributed by atoms with Crippen LogP contribution in [0.4, 0.5) is 0 Å². The number of ether oxygens (including phenoxy) is 1. The third kappa shape index (κ3) is 6.20. The summed E-state index contributed by atoms with van der Waals surface area (Å²) >= 11 is 1.33. The Morgan fingerprint density at radius 2 is 1.62 bits per heavy atom. The Kier molecular flexibility index (Phi) is 8.39. The maximum absolute atomic E-state index is 14.0. The van der Waals surface area contributed by atoms with E-state index in [0.717, 1.165) is 16.8 Å². The van der Waals surface area contributed by atoms with Gasteiger partial charge < -0.3 is 30.8 Å². The molecule has 0 aliphatic heterocycles. The molecule has 5 aromatic rings. The number of nitrogens with two attached hydrogens (primary N) is 2. The number of aryl methyl sites for hydroxylation is 2. The van der Waals surface area contributed by atoms with E-state index < -0.39 is 18.1 Å². The van der Waals surface area contributed by atoms with E-state index in [9.17, 15) is 19.8 Å². The van der Waals surface area contributed by atoms with E-state index in [-0.39, 0.29) is 40.4 Å². The van der Waals surface area contributed by atoms with Gasteiger partial charge in [-0.25, -0.2) is 9.78 Å². The van der Waals surface area contributed by atoms with Crippen LogP contribution in [0.25, 0.3) is 21.5 Å². The minimum atomic E-state index is -0.952. The highest BCUT2D eigenvalue weighted by Crippen LogP contribution is 2.34. The van der Waals surface area contributed by atoms with Crippen molar-refractivity contribution in [3.63, 3.8) is 0 Å². The van der Waals surface area contributed by atoms with E-state index in [0.29, 0.717) is 34.4 Å². The second kappa shape index (κ2) is 12.2. The number of aromatic hydroxyl groups is 2. The summed E-state index contributed by atoms with van der Waals surface area (Å²) in [5.41, 5.74) is 16.1. The molecule has 6 N–H and O–H groups in total. The van der Waals surface area contributed by atoms with Gasteiger partial charge in [0.05, 0.1) is 17.0 Å². The lowest BCUT2D eigenvalue weighted by molar-refractivity contribution is -0.135. The topological polar surface area (TPSA) is 162 Å². The van der Waals surface area contributed by atoms with Crippen LogP contribution in [0, 0.1) is 6.92 Å². The predicted octanol–water partition coefficient (Wildman–Crippen LogP) is 4.92. The molecule has 3 aromatic carbocycles. The number of carbonyl (C=O) groups excluding carboxylic acids is 1. The van der Waals surface area contributed by atoms with Gasteiger partial charge in [-0.1, -0.05) is 31.2 Å². The van der Waals surface area contributed by atoms with Gasteiger partial charge >= 0.3 is 5.97 Å². The predicted molar refractivity (Wildman–Crippen MR) is 162 cm³/mol. The zero-order valence-corrected chi connectivity index (χ0v) is 24.0. The average molecular weight is 586 g/mol. The molecule has 9 nitrogen and oxygen atoms in total. The summed E-state index contributed by atoms with van der Waals surface area (Å²) < 4.78 is 12.1. The second-order valence-electron chi connectivity index (χ2n) is 10.1. The fraction of sp³-hybridized carbons (Fsp3) is 0.219. The number of hydrogen-bond donors (Lipinski definition) is 4. The van der Waals surface area contributed by atoms with Crippen LogP contribution in [0.5, 0.6) is 17.2 Å². The molecule has 0 fully saturated rings. The van der Waals surface area contributed by atoms with Gasteiger partial charge in [0.25, 0.3) is 0 Å². The van der Waals surface area contributed by atoms with Crippen molar-refractivity contribution >= 4 is 28.3 Å². The molecule has 0 saturated carbocycles. The van der Waals surface area contributed by atoms with Gasteiger partial charge in [0, 0.05) is 17.1 Å². The summed E-state index contributed by atoms with van der Waals surface area (Å²) in [6.45, 7) is 3.74. The van der Waals surface area contributed by atoms with Crippen molar-refractivity contribution in [2.75, 3.05) is 0 Å². The van der Waals surface area contributed by atoms with E-state index in [2.05, 4.69) is 4.98 Å². The van der Waals surface area contributed by atoms with E-state index in [1.807, 2.05) is 19.2 Å². The Morgan fingerprint density at radius 3 is 2.19 bits per heavy atom. The number of hydrogen-bond acceptors (Lipinski definition) is 10. The van der Waals surface area contributed by atoms with Crippen molar-refractivity contribution in [2.24, 2.45) is 11.5 Å². The molecular weight excluding hydrogens is 554 g/mol. The zero-order chi connectivity index (χ0) is 30.0. The molecule has 0 amide bonds. The second-order valence-corrected chi connectivity index (χ2v) is 11.0. The number of phenols is 2. The number of esters is 1. The Labute approximate surface area is 246 Å². The van der Waals surface area contributed by atoms with Gasteiger partial charge in [-0.2, -0.15) is 0 Å². The van der Waals surface area contributed by atoms with Gasteiger partial charge in [-0.15, -0.1) is 11.3 Å². The molecule has 0 radical (unpaired) electrons. The molecule has 2 atom stereocenters. The number of rotatable bonds is 9. The first-order valence-electron chi connectivity index (χ1n) is 13.5. The highest BCUT2D eigenvalue weighted by atomic mass is 32.1. The molecule has 2 heterocycles. The average Bonchev–Trinajstić information content (AvgIpc) is 3.40. The number of nitrogens with zero attached hydrogens (tertiary/aromatic N) is 1. The van der Waals surface area contributed by atoms with Gasteiger partial charge in [-0.3, -0.25) is 4.79 Å². The van der Waals surface area contributed by atoms with Crippen LogP contribution in [-0.2, 0) is 24.1 Å². The summed E-state index contributed by atoms with van der Waals surface area (Å²) in [7, 11) is 0. The van der Waals surface area contributed by atoms with Crippen molar-refractivity contribution in [1.82, 2.24) is 4.98 Å². The molecule has 0 spiro atoms. The molecule has 0 aliphatic rings. The number of benzene rings is 3. The Bertz CT molecular complexity index is 1790. The number of phenolic OH excluding ortho intramolecular Hbond substituents is 2. The normalized spacial score (nSPS) is 12.8. The van der Waals surface area contributed by atoms with Gasteiger partial charge in [0.2, 0.25) is 5.43 Å². The van der Waals surface area contributed by atoms with Crippen LogP contribution in [0.2, 0.25) is 0 Å². The highest BCUT2D eigenvalue weighted by molar-refractivity contribution is 7.13. The third-order valence-electron chi connectivity index (χ3n) is 6.95. The maximum Gasteiger partial charge on any atom is 0.328 e. The van der Waals surface area contributed by atoms with Crippen LogP contribution < -0.4 is 21.6 Å². The van der Waals surface area contributed by atoms with E-state index in [4.69, 9.17) is 20.6 Å². The number of fused-ring (bicyclic) bond motifs is 1. The quantitative estimate of drug-likeness (QED) is 0.139. The molecule has 42 heavy (non-hydrogen) atoms. The lowest BCUT2D eigenvalue weighted by Crippen LogP contribution is -2.36. The molecule has 0 aliphatic carbocycles. The Hall–Kier alpha value is -4.51. The van der Waals surface area contributed by atoms with Crippen LogP contribution in [-0.4, -0.2) is 27.2 Å². The Morgan fingerprint density at radius 1 is 1.00 bits per heavy atom. The van der Waals surface area contributed by atoms with E-state index in [1.165, 1.54) is 29.5 Å². The zero-order valence-electron chi connectivity index (χ0n) is 23.2. The van der Waals surface area contributed by atoms with E-state index in [1.54, 1.807) is 42.5 Å². The number of carbonyl (C=O) groups is 1. The van der Waals surface area contributed by atoms with Crippen molar-refractivity contribution in [2.45, 2.75) is 45.2 Å². The summed E-state index contributed by atoms with van der Waals surface area (Å²) in [6, 6.07) is 14.6. The molecular formula is C32H31N3O6S. The molecule has 0 bridgehead atoms. The Balaban J connectivity index is 1.54. The minimum Gasteiger partial charge on any atom is -0.508 e. The SMILES string of the molecule is CCc1cc2c(=O)c(-c3nc(C)cs3)c(C(N)Cc3ccc(O)cc3)oc2cc1OC(=O)C(N)Cc1ccc(O)cc1.